The fraction of sp³-hybridized carbons (Fsp3) is 0.400. The van der Waals surface area contributed by atoms with E-state index in [2.05, 4.69) is 10.6 Å². The number of nitrogens with one attached hydrogen (secondary N) is 2. The summed E-state index contributed by atoms with van der Waals surface area (Å²) in [6, 6.07) is 3.19. The van der Waals surface area contributed by atoms with Crippen LogP contribution in [-0.4, -0.2) is 18.9 Å². The van der Waals surface area contributed by atoms with Gasteiger partial charge in [-0.2, -0.15) is 0 Å². The summed E-state index contributed by atoms with van der Waals surface area (Å²) in [5, 5.41) is 7.66. The van der Waals surface area contributed by atoms with Crippen LogP contribution in [0.1, 0.15) is 11.6 Å². The molecule has 1 heterocycles. The van der Waals surface area contributed by atoms with Gasteiger partial charge in [0.05, 0.1) is 28.4 Å². The fourth-order valence-corrected chi connectivity index (χ4v) is 2.62. The summed E-state index contributed by atoms with van der Waals surface area (Å²) in [6.45, 7) is 0.596. The minimum Gasteiger partial charge on any atom is -0.315 e. The Morgan fingerprint density at radius 3 is 2.53 bits per heavy atom. The topological polar surface area (TPSA) is 76.1 Å². The second kappa shape index (κ2) is 5.28. The first-order valence-electron chi connectivity index (χ1n) is 5.14. The summed E-state index contributed by atoms with van der Waals surface area (Å²) in [4.78, 5) is 0. The lowest BCUT2D eigenvalue weighted by Gasteiger charge is -2.35. The van der Waals surface area contributed by atoms with Gasteiger partial charge in [-0.25, -0.2) is 0 Å². The molecule has 0 bridgehead atoms. The summed E-state index contributed by atoms with van der Waals surface area (Å²) in [5.74, 6) is 0. The molecular weight excluding hydrogens is 282 g/mol. The van der Waals surface area contributed by atoms with E-state index in [4.69, 9.17) is 46.3 Å². The molecule has 1 saturated heterocycles. The summed E-state index contributed by atoms with van der Waals surface area (Å²) in [7, 11) is 0. The molecular formula is C10H13Cl3N4. The van der Waals surface area contributed by atoms with Crippen molar-refractivity contribution in [2.45, 2.75) is 18.4 Å². The first kappa shape index (κ1) is 13.4. The second-order valence-electron chi connectivity index (χ2n) is 3.98. The molecule has 6 N–H and O–H groups in total. The summed E-state index contributed by atoms with van der Waals surface area (Å²) in [5.41, 5.74) is 12.5. The largest absolute Gasteiger partial charge is 0.315 e. The Labute approximate surface area is 115 Å². The van der Waals surface area contributed by atoms with Crippen LogP contribution >= 0.6 is 34.8 Å². The Morgan fingerprint density at radius 1 is 1.18 bits per heavy atom. The van der Waals surface area contributed by atoms with Crippen molar-refractivity contribution >= 4 is 34.8 Å². The van der Waals surface area contributed by atoms with E-state index in [1.165, 1.54) is 0 Å². The Hall–Kier alpha value is -0.0700. The van der Waals surface area contributed by atoms with Crippen LogP contribution < -0.4 is 22.1 Å². The van der Waals surface area contributed by atoms with Gasteiger partial charge in [0, 0.05) is 11.6 Å². The van der Waals surface area contributed by atoms with Gasteiger partial charge in [0.1, 0.15) is 0 Å². The highest BCUT2D eigenvalue weighted by molar-refractivity contribution is 6.43. The molecule has 2 rings (SSSR count). The number of piperazine rings is 1. The summed E-state index contributed by atoms with van der Waals surface area (Å²) in [6.07, 6.45) is -0.513. The van der Waals surface area contributed by atoms with E-state index in [1.54, 1.807) is 12.1 Å². The number of halogens is 3. The Kier molecular flexibility index (Phi) is 4.15. The van der Waals surface area contributed by atoms with E-state index in [0.29, 0.717) is 21.6 Å². The average Bonchev–Trinajstić information content (AvgIpc) is 2.24. The predicted molar refractivity (Wildman–Crippen MR) is 71.3 cm³/mol. The van der Waals surface area contributed by atoms with Crippen molar-refractivity contribution in [1.82, 2.24) is 10.6 Å². The van der Waals surface area contributed by atoms with Gasteiger partial charge < -0.3 is 16.8 Å². The van der Waals surface area contributed by atoms with Gasteiger partial charge >= 0.3 is 0 Å². The van der Waals surface area contributed by atoms with Crippen LogP contribution in [0, 0.1) is 0 Å². The maximum Gasteiger partial charge on any atom is 0.0760 e. The first-order valence-corrected chi connectivity index (χ1v) is 6.27. The van der Waals surface area contributed by atoms with Gasteiger partial charge in [0.25, 0.3) is 0 Å². The quantitative estimate of drug-likeness (QED) is 0.592. The molecule has 1 fully saturated rings. The van der Waals surface area contributed by atoms with Gasteiger partial charge in [-0.1, -0.05) is 34.8 Å². The molecule has 0 saturated carbocycles. The van der Waals surface area contributed by atoms with Crippen LogP contribution in [0.15, 0.2) is 12.1 Å². The van der Waals surface area contributed by atoms with Crippen molar-refractivity contribution < 1.29 is 0 Å². The van der Waals surface area contributed by atoms with Crippen LogP contribution in [0.2, 0.25) is 15.1 Å². The van der Waals surface area contributed by atoms with Gasteiger partial charge in [-0.05, 0) is 17.7 Å². The van der Waals surface area contributed by atoms with Gasteiger partial charge in [0.15, 0.2) is 0 Å². The number of rotatable bonds is 1. The highest BCUT2D eigenvalue weighted by Gasteiger charge is 2.28. The van der Waals surface area contributed by atoms with E-state index in [1.807, 2.05) is 0 Å². The predicted octanol–water partition coefficient (Wildman–Crippen LogP) is 1.45. The SMILES string of the molecule is NC1CNC(c2cc(Cl)cc(Cl)c2Cl)C(N)N1. The van der Waals surface area contributed by atoms with Crippen molar-refractivity contribution in [2.24, 2.45) is 11.5 Å². The summed E-state index contributed by atoms with van der Waals surface area (Å²) >= 11 is 18.1. The second-order valence-corrected chi connectivity index (χ2v) is 5.20. The zero-order valence-corrected chi connectivity index (χ0v) is 11.2. The van der Waals surface area contributed by atoms with Crippen LogP contribution in [0.4, 0.5) is 0 Å². The first-order chi connectivity index (χ1) is 7.99. The summed E-state index contributed by atoms with van der Waals surface area (Å²) < 4.78 is 0. The van der Waals surface area contributed by atoms with Crippen molar-refractivity contribution in [1.29, 1.82) is 0 Å². The number of hydrogen-bond acceptors (Lipinski definition) is 4. The minimum atomic E-state index is -0.342. The van der Waals surface area contributed by atoms with Gasteiger partial charge in [0.2, 0.25) is 0 Å². The van der Waals surface area contributed by atoms with E-state index in [9.17, 15) is 0 Å². The Bertz CT molecular complexity index is 426. The highest BCUT2D eigenvalue weighted by Crippen LogP contribution is 2.34. The third-order valence-corrected chi connectivity index (χ3v) is 3.71. The van der Waals surface area contributed by atoms with E-state index in [-0.39, 0.29) is 18.4 Å². The molecule has 0 amide bonds. The number of hydrogen-bond donors (Lipinski definition) is 4. The third kappa shape index (κ3) is 2.85. The van der Waals surface area contributed by atoms with E-state index < -0.39 is 0 Å². The van der Waals surface area contributed by atoms with Crippen molar-refractivity contribution in [3.05, 3.63) is 32.8 Å². The molecule has 0 radical (unpaired) electrons. The van der Waals surface area contributed by atoms with Crippen LogP contribution in [0.3, 0.4) is 0 Å². The molecule has 1 aliphatic rings. The third-order valence-electron chi connectivity index (χ3n) is 2.68. The molecule has 94 valence electrons. The lowest BCUT2D eigenvalue weighted by molar-refractivity contribution is 0.277. The molecule has 4 nitrogen and oxygen atoms in total. The van der Waals surface area contributed by atoms with E-state index >= 15 is 0 Å². The zero-order valence-electron chi connectivity index (χ0n) is 8.88. The van der Waals surface area contributed by atoms with Crippen LogP contribution in [0.25, 0.3) is 0 Å². The zero-order chi connectivity index (χ0) is 12.6. The molecule has 3 atom stereocenters. The lowest BCUT2D eigenvalue weighted by Crippen LogP contribution is -2.63. The van der Waals surface area contributed by atoms with Crippen molar-refractivity contribution in [3.8, 4) is 0 Å². The maximum atomic E-state index is 6.16. The van der Waals surface area contributed by atoms with Crippen LogP contribution in [-0.2, 0) is 0 Å². The molecule has 0 aliphatic carbocycles. The smallest absolute Gasteiger partial charge is 0.0760 e. The molecule has 1 aliphatic heterocycles. The molecule has 0 spiro atoms. The van der Waals surface area contributed by atoms with Crippen molar-refractivity contribution in [2.75, 3.05) is 6.54 Å². The highest BCUT2D eigenvalue weighted by atomic mass is 35.5. The molecule has 1 aromatic carbocycles. The number of nitrogens with two attached hydrogens (primary N) is 2. The molecule has 7 heteroatoms. The fourth-order valence-electron chi connectivity index (χ4n) is 1.89. The van der Waals surface area contributed by atoms with Gasteiger partial charge in [-0.3, -0.25) is 5.32 Å². The maximum absolute atomic E-state index is 6.16. The molecule has 1 aromatic rings. The molecule has 17 heavy (non-hydrogen) atoms. The standard InChI is InChI=1S/C10H13Cl3N4/c11-4-1-5(8(13)6(12)2-4)9-10(15)17-7(14)3-16-9/h1-2,7,9-10,16-17H,3,14-15H2. The lowest BCUT2D eigenvalue weighted by atomic mass is 10.0. The minimum absolute atomic E-state index is 0.168. The van der Waals surface area contributed by atoms with Gasteiger partial charge in [-0.15, -0.1) is 0 Å². The van der Waals surface area contributed by atoms with Crippen LogP contribution in [0.5, 0.6) is 0 Å². The average molecular weight is 296 g/mol. The monoisotopic (exact) mass is 294 g/mol. The Morgan fingerprint density at radius 2 is 1.88 bits per heavy atom. The molecule has 0 aromatic heterocycles. The van der Waals surface area contributed by atoms with E-state index in [0.717, 1.165) is 5.56 Å². The number of benzene rings is 1. The van der Waals surface area contributed by atoms with Crippen molar-refractivity contribution in [3.63, 3.8) is 0 Å². The Balaban J connectivity index is 2.33. The normalized spacial score (nSPS) is 29.4. The molecule has 3 unspecified atom stereocenters.